The zero-order chi connectivity index (χ0) is 24.4. The lowest BCUT2D eigenvalue weighted by atomic mass is 10.1. The zero-order valence-corrected chi connectivity index (χ0v) is 20.3. The van der Waals surface area contributed by atoms with Gasteiger partial charge in [-0.3, -0.25) is 14.4 Å². The third kappa shape index (κ3) is 5.05. The van der Waals surface area contributed by atoms with Crippen LogP contribution in [0.1, 0.15) is 34.6 Å². The Hall–Kier alpha value is -3.72. The van der Waals surface area contributed by atoms with Crippen LogP contribution in [-0.4, -0.2) is 42.3 Å². The Morgan fingerprint density at radius 2 is 1.66 bits per heavy atom. The second-order valence-corrected chi connectivity index (χ2v) is 9.86. The van der Waals surface area contributed by atoms with Crippen molar-refractivity contribution in [3.8, 4) is 0 Å². The molecule has 5 rings (SSSR count). The van der Waals surface area contributed by atoms with Gasteiger partial charge < -0.3 is 20.4 Å². The molecule has 2 saturated heterocycles. The molecule has 2 N–H and O–H groups in total. The van der Waals surface area contributed by atoms with Crippen molar-refractivity contribution in [1.82, 2.24) is 4.98 Å². The lowest BCUT2D eigenvalue weighted by Gasteiger charge is -2.20. The monoisotopic (exact) mass is 489 g/mol. The van der Waals surface area contributed by atoms with Crippen molar-refractivity contribution in [3.05, 3.63) is 65.2 Å². The van der Waals surface area contributed by atoms with E-state index in [4.69, 9.17) is 0 Å². The van der Waals surface area contributed by atoms with Crippen LogP contribution in [0.2, 0.25) is 0 Å². The van der Waals surface area contributed by atoms with Crippen LogP contribution in [-0.2, 0) is 9.59 Å². The van der Waals surface area contributed by atoms with E-state index in [9.17, 15) is 14.4 Å². The molecule has 2 aliphatic heterocycles. The maximum atomic E-state index is 12.9. The quantitative estimate of drug-likeness (QED) is 0.539. The normalized spacial score (nSPS) is 17.6. The van der Waals surface area contributed by atoms with Gasteiger partial charge in [-0.2, -0.15) is 0 Å². The highest BCUT2D eigenvalue weighted by atomic mass is 32.1. The lowest BCUT2D eigenvalue weighted by molar-refractivity contribution is -0.122. The summed E-state index contributed by atoms with van der Waals surface area (Å²) in [6.07, 6.45) is 2.56. The van der Waals surface area contributed by atoms with Crippen molar-refractivity contribution in [2.24, 2.45) is 5.92 Å². The SMILES string of the molecule is Cc1nc(NC(=O)C2CC(=O)N(c3ccc(N4CCCC4)cc3)C2)sc1C(=O)Nc1ccccc1. The summed E-state index contributed by atoms with van der Waals surface area (Å²) >= 11 is 1.13. The smallest absolute Gasteiger partial charge is 0.267 e. The fourth-order valence-corrected chi connectivity index (χ4v) is 5.39. The summed E-state index contributed by atoms with van der Waals surface area (Å²) in [5.41, 5.74) is 3.20. The average molecular weight is 490 g/mol. The third-order valence-corrected chi connectivity index (χ3v) is 7.46. The number of hydrogen-bond acceptors (Lipinski definition) is 6. The molecule has 2 aromatic carbocycles. The van der Waals surface area contributed by atoms with Gasteiger partial charge >= 0.3 is 0 Å². The number of benzene rings is 2. The Morgan fingerprint density at radius 1 is 0.971 bits per heavy atom. The van der Waals surface area contributed by atoms with Gasteiger partial charge in [0.1, 0.15) is 4.88 Å². The van der Waals surface area contributed by atoms with Gasteiger partial charge in [-0.1, -0.05) is 29.5 Å². The molecular formula is C26H27N5O3S. The minimum absolute atomic E-state index is 0.0719. The van der Waals surface area contributed by atoms with Crippen LogP contribution < -0.4 is 20.4 Å². The Balaban J connectivity index is 1.21. The number of aryl methyl sites for hydroxylation is 1. The molecule has 1 atom stereocenters. The van der Waals surface area contributed by atoms with Crippen LogP contribution in [0.15, 0.2) is 54.6 Å². The molecular weight excluding hydrogens is 462 g/mol. The first-order valence-electron chi connectivity index (χ1n) is 11.8. The Kier molecular flexibility index (Phi) is 6.50. The maximum absolute atomic E-state index is 12.9. The lowest BCUT2D eigenvalue weighted by Crippen LogP contribution is -2.28. The van der Waals surface area contributed by atoms with E-state index in [2.05, 4.69) is 20.5 Å². The van der Waals surface area contributed by atoms with Crippen LogP contribution in [0.5, 0.6) is 0 Å². The molecule has 3 heterocycles. The van der Waals surface area contributed by atoms with E-state index in [1.54, 1.807) is 24.0 Å². The number of anilines is 4. The average Bonchev–Trinajstić information content (AvgIpc) is 3.60. The van der Waals surface area contributed by atoms with Gasteiger partial charge in [-0.05, 0) is 56.2 Å². The van der Waals surface area contributed by atoms with E-state index in [0.717, 1.165) is 30.1 Å². The summed E-state index contributed by atoms with van der Waals surface area (Å²) in [4.78, 5) is 47.0. The highest BCUT2D eigenvalue weighted by Crippen LogP contribution is 2.30. The van der Waals surface area contributed by atoms with E-state index in [1.165, 1.54) is 18.5 Å². The number of carbonyl (C=O) groups excluding carboxylic acids is 3. The largest absolute Gasteiger partial charge is 0.372 e. The van der Waals surface area contributed by atoms with E-state index >= 15 is 0 Å². The zero-order valence-electron chi connectivity index (χ0n) is 19.5. The minimum Gasteiger partial charge on any atom is -0.372 e. The highest BCUT2D eigenvalue weighted by Gasteiger charge is 2.35. The molecule has 0 saturated carbocycles. The van der Waals surface area contributed by atoms with Crippen molar-refractivity contribution in [3.63, 3.8) is 0 Å². The number of amides is 3. The third-order valence-electron chi connectivity index (χ3n) is 6.39. The summed E-state index contributed by atoms with van der Waals surface area (Å²) in [6.45, 7) is 4.18. The fourth-order valence-electron chi connectivity index (χ4n) is 4.53. The molecule has 9 heteroatoms. The second-order valence-electron chi connectivity index (χ2n) is 8.86. The Bertz CT molecular complexity index is 1240. The van der Waals surface area contributed by atoms with Crippen LogP contribution >= 0.6 is 11.3 Å². The summed E-state index contributed by atoms with van der Waals surface area (Å²) in [5.74, 6) is -1.09. The number of nitrogens with one attached hydrogen (secondary N) is 2. The van der Waals surface area contributed by atoms with Gasteiger partial charge in [0.2, 0.25) is 11.8 Å². The van der Waals surface area contributed by atoms with Crippen molar-refractivity contribution < 1.29 is 14.4 Å². The fraction of sp³-hybridized carbons (Fsp3) is 0.308. The van der Waals surface area contributed by atoms with Gasteiger partial charge in [0, 0.05) is 43.1 Å². The molecule has 0 bridgehead atoms. The summed E-state index contributed by atoms with van der Waals surface area (Å²) in [6, 6.07) is 17.2. The Morgan fingerprint density at radius 3 is 2.37 bits per heavy atom. The summed E-state index contributed by atoms with van der Waals surface area (Å²) in [5, 5.41) is 6.00. The molecule has 1 aromatic heterocycles. The molecule has 3 aromatic rings. The van der Waals surface area contributed by atoms with Crippen molar-refractivity contribution in [1.29, 1.82) is 0 Å². The molecule has 8 nitrogen and oxygen atoms in total. The number of aromatic nitrogens is 1. The summed E-state index contributed by atoms with van der Waals surface area (Å²) < 4.78 is 0. The number of para-hydroxylation sites is 1. The van der Waals surface area contributed by atoms with Gasteiger partial charge in [-0.15, -0.1) is 0 Å². The summed E-state index contributed by atoms with van der Waals surface area (Å²) in [7, 11) is 0. The van der Waals surface area contributed by atoms with Gasteiger partial charge in [0.05, 0.1) is 11.6 Å². The number of hydrogen-bond donors (Lipinski definition) is 2. The van der Waals surface area contributed by atoms with Crippen molar-refractivity contribution in [2.75, 3.05) is 40.1 Å². The number of thiazole rings is 1. The molecule has 35 heavy (non-hydrogen) atoms. The van der Waals surface area contributed by atoms with E-state index < -0.39 is 5.92 Å². The molecule has 0 spiro atoms. The maximum Gasteiger partial charge on any atom is 0.267 e. The van der Waals surface area contributed by atoms with E-state index in [1.807, 2.05) is 42.5 Å². The molecule has 2 fully saturated rings. The van der Waals surface area contributed by atoms with Crippen LogP contribution in [0.4, 0.5) is 22.2 Å². The van der Waals surface area contributed by atoms with Crippen LogP contribution in [0, 0.1) is 12.8 Å². The van der Waals surface area contributed by atoms with E-state index in [0.29, 0.717) is 27.9 Å². The van der Waals surface area contributed by atoms with Gasteiger partial charge in [0.15, 0.2) is 5.13 Å². The van der Waals surface area contributed by atoms with E-state index in [-0.39, 0.29) is 24.1 Å². The predicted molar refractivity (Wildman–Crippen MR) is 138 cm³/mol. The number of nitrogens with zero attached hydrogens (tertiary/aromatic N) is 3. The van der Waals surface area contributed by atoms with Gasteiger partial charge in [-0.25, -0.2) is 4.98 Å². The van der Waals surface area contributed by atoms with Crippen LogP contribution in [0.3, 0.4) is 0 Å². The first-order valence-corrected chi connectivity index (χ1v) is 12.6. The number of rotatable bonds is 6. The van der Waals surface area contributed by atoms with Crippen molar-refractivity contribution >= 4 is 51.3 Å². The molecule has 2 aliphatic rings. The molecule has 1 unspecified atom stereocenters. The second kappa shape index (κ2) is 9.87. The van der Waals surface area contributed by atoms with Crippen molar-refractivity contribution in [2.45, 2.75) is 26.2 Å². The molecule has 180 valence electrons. The highest BCUT2D eigenvalue weighted by molar-refractivity contribution is 7.17. The number of carbonyl (C=O) groups is 3. The molecule has 3 amide bonds. The molecule has 0 radical (unpaired) electrons. The molecule has 0 aliphatic carbocycles. The standard InChI is InChI=1S/C26H27N5O3S/c1-17-23(25(34)28-19-7-3-2-4-8-19)35-26(27-17)29-24(33)18-15-22(32)31(16-18)21-11-9-20(10-12-21)30-13-5-6-14-30/h2-4,7-12,18H,5-6,13-16H2,1H3,(H,28,34)(H,27,29,33). The minimum atomic E-state index is -0.480. The predicted octanol–water partition coefficient (Wildman–Crippen LogP) is 4.30. The van der Waals surface area contributed by atoms with Gasteiger partial charge in [0.25, 0.3) is 5.91 Å². The van der Waals surface area contributed by atoms with Crippen LogP contribution in [0.25, 0.3) is 0 Å². The Labute approximate surface area is 208 Å². The first-order chi connectivity index (χ1) is 17.0. The topological polar surface area (TPSA) is 94.6 Å². The first kappa shape index (κ1) is 23.0.